The lowest BCUT2D eigenvalue weighted by Gasteiger charge is -2.23. The van der Waals surface area contributed by atoms with Crippen LogP contribution >= 0.6 is 11.3 Å². The van der Waals surface area contributed by atoms with Gasteiger partial charge in [-0.15, -0.1) is 11.3 Å². The van der Waals surface area contributed by atoms with Gasteiger partial charge in [-0.2, -0.15) is 0 Å². The maximum Gasteiger partial charge on any atom is 0.326 e. The third-order valence-electron chi connectivity index (χ3n) is 4.83. The third kappa shape index (κ3) is 3.68. The number of thiophene rings is 1. The zero-order chi connectivity index (χ0) is 19.5. The van der Waals surface area contributed by atoms with Gasteiger partial charge in [0.2, 0.25) is 0 Å². The van der Waals surface area contributed by atoms with Crippen molar-refractivity contribution in [2.45, 2.75) is 25.4 Å². The molecule has 1 aliphatic rings. The van der Waals surface area contributed by atoms with Gasteiger partial charge in [0.15, 0.2) is 6.61 Å². The van der Waals surface area contributed by atoms with Crippen LogP contribution in [0.1, 0.15) is 23.8 Å². The molecule has 1 aromatic carbocycles. The summed E-state index contributed by atoms with van der Waals surface area (Å²) >= 11 is 1.62. The number of para-hydroxylation sites is 1. The van der Waals surface area contributed by atoms with Crippen molar-refractivity contribution < 1.29 is 14.3 Å². The number of rotatable bonds is 5. The number of ether oxygens (including phenoxy) is 1. The van der Waals surface area contributed by atoms with Gasteiger partial charge in [-0.3, -0.25) is 19.0 Å². The minimum absolute atomic E-state index is 0.0542. The number of esters is 1. The first kappa shape index (κ1) is 18.4. The summed E-state index contributed by atoms with van der Waals surface area (Å²) in [5.74, 6) is -0.854. The zero-order valence-electron chi connectivity index (χ0n) is 15.1. The molecule has 28 heavy (non-hydrogen) atoms. The molecule has 2 aromatic heterocycles. The van der Waals surface area contributed by atoms with Crippen molar-refractivity contribution in [1.82, 2.24) is 14.5 Å². The summed E-state index contributed by atoms with van der Waals surface area (Å²) in [5, 5.41) is 2.43. The Kier molecular flexibility index (Phi) is 5.21. The Hall–Kier alpha value is -3.00. The smallest absolute Gasteiger partial charge is 0.326 e. The van der Waals surface area contributed by atoms with Crippen molar-refractivity contribution in [3.8, 4) is 0 Å². The molecule has 7 nitrogen and oxygen atoms in total. The first-order valence-corrected chi connectivity index (χ1v) is 9.94. The van der Waals surface area contributed by atoms with Crippen molar-refractivity contribution >= 4 is 34.1 Å². The lowest BCUT2D eigenvalue weighted by Crippen LogP contribution is -2.35. The second-order valence-corrected chi connectivity index (χ2v) is 7.60. The number of carbonyl (C=O) groups is 2. The molecular formula is C20H19N3O4S. The van der Waals surface area contributed by atoms with Crippen molar-refractivity contribution in [1.29, 1.82) is 0 Å². The first-order valence-electron chi connectivity index (χ1n) is 9.06. The van der Waals surface area contributed by atoms with E-state index in [1.807, 2.05) is 17.5 Å². The quantitative estimate of drug-likeness (QED) is 0.618. The predicted molar refractivity (Wildman–Crippen MR) is 105 cm³/mol. The van der Waals surface area contributed by atoms with E-state index in [1.54, 1.807) is 40.5 Å². The van der Waals surface area contributed by atoms with Gasteiger partial charge in [0.05, 0.1) is 23.3 Å². The normalized spacial score (nSPS) is 16.4. The Morgan fingerprint density at radius 1 is 1.21 bits per heavy atom. The summed E-state index contributed by atoms with van der Waals surface area (Å²) in [6, 6.07) is 11.0. The summed E-state index contributed by atoms with van der Waals surface area (Å²) in [7, 11) is 0. The molecule has 3 heterocycles. The summed E-state index contributed by atoms with van der Waals surface area (Å²) in [4.78, 5) is 44.2. The van der Waals surface area contributed by atoms with Gasteiger partial charge < -0.3 is 9.64 Å². The Morgan fingerprint density at radius 2 is 2.07 bits per heavy atom. The van der Waals surface area contributed by atoms with E-state index in [0.29, 0.717) is 17.4 Å². The topological polar surface area (TPSA) is 81.5 Å². The molecule has 1 amide bonds. The molecule has 1 atom stereocenters. The molecule has 144 valence electrons. The number of nitrogens with zero attached hydrogens (tertiary/aromatic N) is 3. The molecule has 4 rings (SSSR count). The van der Waals surface area contributed by atoms with Gasteiger partial charge >= 0.3 is 5.97 Å². The molecule has 0 unspecified atom stereocenters. The van der Waals surface area contributed by atoms with Crippen LogP contribution in [-0.4, -0.2) is 39.5 Å². The van der Waals surface area contributed by atoms with E-state index in [4.69, 9.17) is 4.74 Å². The van der Waals surface area contributed by atoms with Gasteiger partial charge in [-0.1, -0.05) is 18.2 Å². The highest BCUT2D eigenvalue weighted by Crippen LogP contribution is 2.34. The van der Waals surface area contributed by atoms with E-state index in [1.165, 1.54) is 10.9 Å². The Balaban J connectivity index is 1.37. The second kappa shape index (κ2) is 7.93. The van der Waals surface area contributed by atoms with E-state index in [9.17, 15) is 14.4 Å². The fourth-order valence-corrected chi connectivity index (χ4v) is 4.34. The minimum atomic E-state index is -0.639. The van der Waals surface area contributed by atoms with Crippen molar-refractivity contribution in [3.05, 3.63) is 63.3 Å². The van der Waals surface area contributed by atoms with Crippen LogP contribution in [0.2, 0.25) is 0 Å². The third-order valence-corrected chi connectivity index (χ3v) is 5.81. The van der Waals surface area contributed by atoms with E-state index in [-0.39, 0.29) is 30.7 Å². The van der Waals surface area contributed by atoms with Crippen LogP contribution in [0.15, 0.2) is 52.9 Å². The lowest BCUT2D eigenvalue weighted by molar-refractivity contribution is -0.153. The van der Waals surface area contributed by atoms with Gasteiger partial charge in [0, 0.05) is 11.4 Å². The molecule has 0 spiro atoms. The molecule has 1 saturated heterocycles. The molecule has 8 heteroatoms. The maximum atomic E-state index is 12.5. The molecule has 0 bridgehead atoms. The Labute approximate surface area is 165 Å². The van der Waals surface area contributed by atoms with E-state index in [0.717, 1.165) is 17.7 Å². The molecule has 1 fully saturated rings. The molecule has 0 saturated carbocycles. The average molecular weight is 397 g/mol. The Bertz CT molecular complexity index is 1060. The number of carbonyl (C=O) groups excluding carboxylic acids is 2. The summed E-state index contributed by atoms with van der Waals surface area (Å²) in [6.07, 6.45) is 3.17. The molecule has 1 aliphatic heterocycles. The molecule has 3 aromatic rings. The Morgan fingerprint density at radius 3 is 2.89 bits per heavy atom. The van der Waals surface area contributed by atoms with Crippen LogP contribution in [0, 0.1) is 0 Å². The highest BCUT2D eigenvalue weighted by Gasteiger charge is 2.31. The van der Waals surface area contributed by atoms with Crippen LogP contribution < -0.4 is 5.56 Å². The van der Waals surface area contributed by atoms with Gasteiger partial charge in [0.25, 0.3) is 11.5 Å². The summed E-state index contributed by atoms with van der Waals surface area (Å²) in [5.41, 5.74) is 0.257. The van der Waals surface area contributed by atoms with Crippen LogP contribution in [0.4, 0.5) is 0 Å². The SMILES string of the molecule is O=C(Cn1cnc2ccccc2c1=O)OCC(=O)N1CCC[C@H]1c1cccs1. The highest BCUT2D eigenvalue weighted by atomic mass is 32.1. The molecular weight excluding hydrogens is 378 g/mol. The number of aromatic nitrogens is 2. The van der Waals surface area contributed by atoms with Gasteiger partial charge in [0.1, 0.15) is 6.54 Å². The molecule has 0 N–H and O–H groups in total. The fourth-order valence-electron chi connectivity index (χ4n) is 3.47. The number of hydrogen-bond donors (Lipinski definition) is 0. The summed E-state index contributed by atoms with van der Waals surface area (Å²) < 4.78 is 6.33. The van der Waals surface area contributed by atoms with Crippen molar-refractivity contribution in [2.24, 2.45) is 0 Å². The number of likely N-dealkylation sites (tertiary alicyclic amines) is 1. The highest BCUT2D eigenvalue weighted by molar-refractivity contribution is 7.10. The minimum Gasteiger partial charge on any atom is -0.454 e. The van der Waals surface area contributed by atoms with Crippen molar-refractivity contribution in [3.63, 3.8) is 0 Å². The van der Waals surface area contributed by atoms with E-state index in [2.05, 4.69) is 4.98 Å². The van der Waals surface area contributed by atoms with E-state index < -0.39 is 5.97 Å². The van der Waals surface area contributed by atoms with Crippen LogP contribution in [0.3, 0.4) is 0 Å². The number of fused-ring (bicyclic) bond motifs is 1. The van der Waals surface area contributed by atoms with Gasteiger partial charge in [-0.25, -0.2) is 4.98 Å². The lowest BCUT2D eigenvalue weighted by atomic mass is 10.2. The monoisotopic (exact) mass is 397 g/mol. The predicted octanol–water partition coefficient (Wildman–Crippen LogP) is 2.36. The number of hydrogen-bond acceptors (Lipinski definition) is 6. The fraction of sp³-hybridized carbons (Fsp3) is 0.300. The maximum absolute atomic E-state index is 12.5. The van der Waals surface area contributed by atoms with Gasteiger partial charge in [-0.05, 0) is 36.4 Å². The largest absolute Gasteiger partial charge is 0.454 e. The average Bonchev–Trinajstić information content (AvgIpc) is 3.40. The second-order valence-electron chi connectivity index (χ2n) is 6.62. The van der Waals surface area contributed by atoms with Crippen molar-refractivity contribution in [2.75, 3.05) is 13.2 Å². The van der Waals surface area contributed by atoms with Crippen LogP contribution in [0.25, 0.3) is 10.9 Å². The van der Waals surface area contributed by atoms with E-state index >= 15 is 0 Å². The molecule has 0 radical (unpaired) electrons. The van der Waals surface area contributed by atoms with Crippen LogP contribution in [0.5, 0.6) is 0 Å². The zero-order valence-corrected chi connectivity index (χ0v) is 15.9. The first-order chi connectivity index (χ1) is 13.6. The standard InChI is InChI=1S/C20H19N3O4S/c24-18(23-9-3-7-16(23)17-8-4-10-28-17)12-27-19(25)11-22-13-21-15-6-2-1-5-14(15)20(22)26/h1-2,4-6,8,10,13,16H,3,7,9,11-12H2/t16-/m0/s1. The van der Waals surface area contributed by atoms with Crippen LogP contribution in [-0.2, 0) is 20.9 Å². The number of benzene rings is 1. The molecule has 0 aliphatic carbocycles. The number of amides is 1. The summed E-state index contributed by atoms with van der Waals surface area (Å²) in [6.45, 7) is 0.0573.